The maximum Gasteiger partial charge on any atom is 0.407 e. The molecule has 8 heteroatoms. The maximum atomic E-state index is 11.6. The Balaban J connectivity index is 1.97. The second kappa shape index (κ2) is 6.66. The molecule has 0 bridgehead atoms. The molecule has 1 atom stereocenters. The van der Waals surface area contributed by atoms with Crippen LogP contribution in [0.3, 0.4) is 0 Å². The first-order valence-corrected chi connectivity index (χ1v) is 8.01. The van der Waals surface area contributed by atoms with Crippen LogP contribution >= 0.6 is 23.3 Å². The summed E-state index contributed by atoms with van der Waals surface area (Å²) >= 11 is 7.36. The predicted octanol–water partition coefficient (Wildman–Crippen LogP) is 3.67. The van der Waals surface area contributed by atoms with Crippen molar-refractivity contribution in [1.29, 1.82) is 0 Å². The summed E-state index contributed by atoms with van der Waals surface area (Å²) in [7, 11) is 0. The fourth-order valence-corrected chi connectivity index (χ4v) is 2.56. The van der Waals surface area contributed by atoms with Gasteiger partial charge in [-0.25, -0.2) is 4.79 Å². The Morgan fingerprint density at radius 1 is 1.41 bits per heavy atom. The first-order valence-electron chi connectivity index (χ1n) is 6.90. The lowest BCUT2D eigenvalue weighted by atomic mass is 10.2. The Labute approximate surface area is 138 Å². The number of anilines is 1. The average Bonchev–Trinajstić information content (AvgIpc) is 2.86. The lowest BCUT2D eigenvalue weighted by Crippen LogP contribution is -2.38. The van der Waals surface area contributed by atoms with Gasteiger partial charge in [0.05, 0.1) is 22.4 Å². The van der Waals surface area contributed by atoms with Gasteiger partial charge in [0.1, 0.15) is 16.6 Å². The smallest absolute Gasteiger partial charge is 0.407 e. The van der Waals surface area contributed by atoms with Crippen LogP contribution in [0.1, 0.15) is 27.7 Å². The van der Waals surface area contributed by atoms with Gasteiger partial charge in [-0.3, -0.25) is 0 Å². The van der Waals surface area contributed by atoms with Crippen LogP contribution in [0.15, 0.2) is 12.1 Å². The summed E-state index contributed by atoms with van der Waals surface area (Å²) in [6.45, 7) is 7.81. The number of hydrogen-bond donors (Lipinski definition) is 2. The topological polar surface area (TPSA) is 76.1 Å². The van der Waals surface area contributed by atoms with Crippen molar-refractivity contribution in [2.45, 2.75) is 39.3 Å². The van der Waals surface area contributed by atoms with Crippen molar-refractivity contribution in [2.75, 3.05) is 11.9 Å². The van der Waals surface area contributed by atoms with Crippen molar-refractivity contribution in [3.8, 4) is 0 Å². The largest absolute Gasteiger partial charge is 0.444 e. The van der Waals surface area contributed by atoms with Crippen molar-refractivity contribution in [3.63, 3.8) is 0 Å². The number of aromatic nitrogens is 2. The van der Waals surface area contributed by atoms with Gasteiger partial charge >= 0.3 is 6.09 Å². The summed E-state index contributed by atoms with van der Waals surface area (Å²) in [5.74, 6) is 0. The molecule has 0 saturated carbocycles. The van der Waals surface area contributed by atoms with E-state index in [1.165, 1.54) is 0 Å². The molecule has 2 aromatic rings. The number of amides is 1. The van der Waals surface area contributed by atoms with Gasteiger partial charge in [-0.1, -0.05) is 11.6 Å². The number of rotatable bonds is 4. The quantitative estimate of drug-likeness (QED) is 0.886. The highest BCUT2D eigenvalue weighted by Crippen LogP contribution is 2.30. The number of fused-ring (bicyclic) bond motifs is 1. The molecule has 1 unspecified atom stereocenters. The van der Waals surface area contributed by atoms with E-state index in [2.05, 4.69) is 19.4 Å². The Bertz CT molecular complexity index is 668. The molecule has 2 N–H and O–H groups in total. The second-order valence-corrected chi connectivity index (χ2v) is 6.92. The number of ether oxygens (including phenoxy) is 1. The molecule has 0 radical (unpaired) electrons. The van der Waals surface area contributed by atoms with Crippen molar-refractivity contribution in [1.82, 2.24) is 14.1 Å². The average molecular weight is 343 g/mol. The molecule has 0 aliphatic carbocycles. The van der Waals surface area contributed by atoms with Gasteiger partial charge in [-0.2, -0.15) is 8.75 Å². The Kier molecular flexibility index (Phi) is 5.08. The van der Waals surface area contributed by atoms with Gasteiger partial charge in [0.2, 0.25) is 0 Å². The van der Waals surface area contributed by atoms with Gasteiger partial charge in [0.25, 0.3) is 0 Å². The number of nitrogens with one attached hydrogen (secondary N) is 2. The number of carbonyl (C=O) groups is 1. The zero-order valence-electron chi connectivity index (χ0n) is 12.9. The summed E-state index contributed by atoms with van der Waals surface area (Å²) in [4.78, 5) is 11.6. The van der Waals surface area contributed by atoms with Crippen LogP contribution in [0, 0.1) is 0 Å². The highest BCUT2D eigenvalue weighted by molar-refractivity contribution is 7.00. The molecule has 0 fully saturated rings. The first-order chi connectivity index (χ1) is 10.3. The molecule has 1 amide bonds. The summed E-state index contributed by atoms with van der Waals surface area (Å²) in [6, 6.07) is 3.56. The van der Waals surface area contributed by atoms with E-state index in [1.54, 1.807) is 6.07 Å². The third kappa shape index (κ3) is 4.45. The van der Waals surface area contributed by atoms with Gasteiger partial charge in [0.15, 0.2) is 0 Å². The summed E-state index contributed by atoms with van der Waals surface area (Å²) in [5, 5.41) is 6.55. The Morgan fingerprint density at radius 3 is 2.82 bits per heavy atom. The summed E-state index contributed by atoms with van der Waals surface area (Å²) in [6.07, 6.45) is -0.444. The summed E-state index contributed by atoms with van der Waals surface area (Å²) in [5.41, 5.74) is 1.75. The molecule has 1 heterocycles. The normalized spacial score (nSPS) is 13.0. The van der Waals surface area contributed by atoms with Crippen molar-refractivity contribution < 1.29 is 9.53 Å². The van der Waals surface area contributed by atoms with E-state index >= 15 is 0 Å². The molecule has 1 aromatic carbocycles. The van der Waals surface area contributed by atoms with E-state index in [4.69, 9.17) is 16.3 Å². The lowest BCUT2D eigenvalue weighted by Gasteiger charge is -2.21. The molecule has 6 nitrogen and oxygen atoms in total. The van der Waals surface area contributed by atoms with Crippen LogP contribution in [0.5, 0.6) is 0 Å². The number of benzene rings is 1. The van der Waals surface area contributed by atoms with Crippen LogP contribution < -0.4 is 10.6 Å². The zero-order chi connectivity index (χ0) is 16.3. The van der Waals surface area contributed by atoms with Crippen molar-refractivity contribution in [2.24, 2.45) is 0 Å². The van der Waals surface area contributed by atoms with Crippen molar-refractivity contribution >= 4 is 46.1 Å². The highest BCUT2D eigenvalue weighted by Gasteiger charge is 2.17. The fourth-order valence-electron chi connectivity index (χ4n) is 1.81. The first kappa shape index (κ1) is 16.8. The molecule has 2 rings (SSSR count). The van der Waals surface area contributed by atoms with E-state index in [0.717, 1.165) is 28.4 Å². The lowest BCUT2D eigenvalue weighted by molar-refractivity contribution is 0.0526. The molecule has 1 aromatic heterocycles. The van der Waals surface area contributed by atoms with Crippen LogP contribution in [0.2, 0.25) is 5.02 Å². The predicted molar refractivity (Wildman–Crippen MR) is 89.7 cm³/mol. The SMILES string of the molecule is CC(CNC(=O)OC(C)(C)C)Nc1c(Cl)ccc2nsnc12. The number of carbonyl (C=O) groups excluding carboxylic acids is 1. The molecule has 0 spiro atoms. The van der Waals surface area contributed by atoms with E-state index in [0.29, 0.717) is 11.6 Å². The third-order valence-corrected chi connectivity index (χ3v) is 3.58. The number of alkyl carbamates (subject to hydrolysis) is 1. The molecule has 0 saturated heterocycles. The Hall–Kier alpha value is -1.60. The minimum Gasteiger partial charge on any atom is -0.444 e. The van der Waals surface area contributed by atoms with E-state index in [9.17, 15) is 4.79 Å². The van der Waals surface area contributed by atoms with E-state index < -0.39 is 11.7 Å². The van der Waals surface area contributed by atoms with E-state index in [-0.39, 0.29) is 6.04 Å². The van der Waals surface area contributed by atoms with Crippen molar-refractivity contribution in [3.05, 3.63) is 17.2 Å². The van der Waals surface area contributed by atoms with Gasteiger partial charge in [0, 0.05) is 12.6 Å². The standard InChI is InChI=1S/C14H19ClN4O2S/c1-8(7-16-13(20)21-14(2,3)4)17-11-9(15)5-6-10-12(11)19-22-18-10/h5-6,8,17H,7H2,1-4H3,(H,16,20). The monoisotopic (exact) mass is 342 g/mol. The maximum absolute atomic E-state index is 11.6. The minimum absolute atomic E-state index is 0.0441. The van der Waals surface area contributed by atoms with Gasteiger partial charge in [-0.15, -0.1) is 0 Å². The molecule has 0 aliphatic heterocycles. The molecule has 22 heavy (non-hydrogen) atoms. The molecule has 120 valence electrons. The molecular weight excluding hydrogens is 324 g/mol. The highest BCUT2D eigenvalue weighted by atomic mass is 35.5. The number of halogens is 1. The van der Waals surface area contributed by atoms with Gasteiger partial charge in [-0.05, 0) is 39.8 Å². The number of nitrogens with zero attached hydrogens (tertiary/aromatic N) is 2. The molecule has 0 aliphatic rings. The van der Waals surface area contributed by atoms with Crippen LogP contribution in [-0.4, -0.2) is 33.0 Å². The van der Waals surface area contributed by atoms with Crippen LogP contribution in [0.25, 0.3) is 11.0 Å². The van der Waals surface area contributed by atoms with Crippen LogP contribution in [-0.2, 0) is 4.74 Å². The van der Waals surface area contributed by atoms with Crippen LogP contribution in [0.4, 0.5) is 10.5 Å². The van der Waals surface area contributed by atoms with E-state index in [1.807, 2.05) is 33.8 Å². The number of hydrogen-bond acceptors (Lipinski definition) is 6. The fraction of sp³-hybridized carbons (Fsp3) is 0.500. The second-order valence-electron chi connectivity index (χ2n) is 5.98. The molecular formula is C14H19ClN4O2S. The minimum atomic E-state index is -0.512. The Morgan fingerprint density at radius 2 is 2.14 bits per heavy atom. The van der Waals surface area contributed by atoms with Gasteiger partial charge < -0.3 is 15.4 Å². The third-order valence-electron chi connectivity index (χ3n) is 2.72. The summed E-state index contributed by atoms with van der Waals surface area (Å²) < 4.78 is 13.6. The zero-order valence-corrected chi connectivity index (χ0v) is 14.5.